The summed E-state index contributed by atoms with van der Waals surface area (Å²) in [6, 6.07) is 15.9. The molecule has 0 heterocycles. The van der Waals surface area contributed by atoms with E-state index in [-0.39, 0.29) is 11.8 Å². The first-order chi connectivity index (χ1) is 12.4. The Kier molecular flexibility index (Phi) is 6.96. The van der Waals surface area contributed by atoms with Gasteiger partial charge in [0.2, 0.25) is 11.8 Å². The molecule has 4 heteroatoms. The Morgan fingerprint density at radius 2 is 1.69 bits per heavy atom. The molecule has 2 rings (SSSR count). The smallest absolute Gasteiger partial charge is 0.224 e. The number of nitrogens with one attached hydrogen (secondary N) is 1. The summed E-state index contributed by atoms with van der Waals surface area (Å²) in [5.41, 5.74) is 4.23. The topological polar surface area (TPSA) is 49.4 Å². The lowest BCUT2D eigenvalue weighted by molar-refractivity contribution is -0.121. The van der Waals surface area contributed by atoms with Gasteiger partial charge < -0.3 is 10.2 Å². The molecule has 0 unspecified atom stereocenters. The third-order valence-corrected chi connectivity index (χ3v) is 4.52. The van der Waals surface area contributed by atoms with E-state index >= 15 is 0 Å². The maximum atomic E-state index is 12.2. The molecule has 0 aliphatic heterocycles. The molecule has 2 amide bonds. The number of hydrogen-bond donors (Lipinski definition) is 1. The standard InChI is InChI=1S/C22H28N2O2/c1-16(2)19-9-11-21(12-10-19)24(18(4)25)14-13-23-22(26)15-20-8-6-5-7-17(20)3/h5-12,16H,13-15H2,1-4H3,(H,23,26). The van der Waals surface area contributed by atoms with Crippen molar-refractivity contribution in [2.24, 2.45) is 0 Å². The highest BCUT2D eigenvalue weighted by Gasteiger charge is 2.12. The molecular weight excluding hydrogens is 324 g/mol. The summed E-state index contributed by atoms with van der Waals surface area (Å²) < 4.78 is 0. The van der Waals surface area contributed by atoms with Gasteiger partial charge in [0, 0.05) is 25.7 Å². The lowest BCUT2D eigenvalue weighted by Gasteiger charge is -2.22. The summed E-state index contributed by atoms with van der Waals surface area (Å²) in [4.78, 5) is 25.8. The molecule has 0 aliphatic carbocycles. The van der Waals surface area contributed by atoms with E-state index in [1.165, 1.54) is 5.56 Å². The van der Waals surface area contributed by atoms with Crippen LogP contribution in [-0.4, -0.2) is 24.9 Å². The Hall–Kier alpha value is -2.62. The number of carbonyl (C=O) groups excluding carboxylic acids is 2. The van der Waals surface area contributed by atoms with Crippen molar-refractivity contribution in [1.82, 2.24) is 5.32 Å². The van der Waals surface area contributed by atoms with Crippen molar-refractivity contribution < 1.29 is 9.59 Å². The number of rotatable bonds is 7. The average Bonchev–Trinajstić information content (AvgIpc) is 2.60. The quantitative estimate of drug-likeness (QED) is 0.823. The third-order valence-electron chi connectivity index (χ3n) is 4.52. The van der Waals surface area contributed by atoms with E-state index in [1.54, 1.807) is 11.8 Å². The van der Waals surface area contributed by atoms with Crippen LogP contribution in [-0.2, 0) is 16.0 Å². The van der Waals surface area contributed by atoms with Gasteiger partial charge in [0.15, 0.2) is 0 Å². The molecule has 2 aromatic rings. The van der Waals surface area contributed by atoms with Crippen LogP contribution >= 0.6 is 0 Å². The van der Waals surface area contributed by atoms with E-state index in [1.807, 2.05) is 55.5 Å². The fourth-order valence-corrected chi connectivity index (χ4v) is 2.86. The lowest BCUT2D eigenvalue weighted by atomic mass is 10.0. The fraction of sp³-hybridized carbons (Fsp3) is 0.364. The maximum Gasteiger partial charge on any atom is 0.224 e. The van der Waals surface area contributed by atoms with E-state index in [0.29, 0.717) is 25.4 Å². The van der Waals surface area contributed by atoms with Crippen LogP contribution in [0.1, 0.15) is 43.4 Å². The van der Waals surface area contributed by atoms with Crippen molar-refractivity contribution in [3.8, 4) is 0 Å². The molecule has 0 saturated carbocycles. The van der Waals surface area contributed by atoms with Gasteiger partial charge >= 0.3 is 0 Å². The summed E-state index contributed by atoms with van der Waals surface area (Å²) in [7, 11) is 0. The number of aryl methyl sites for hydroxylation is 1. The number of benzene rings is 2. The molecule has 0 aromatic heterocycles. The van der Waals surface area contributed by atoms with Gasteiger partial charge in [0.1, 0.15) is 0 Å². The molecule has 26 heavy (non-hydrogen) atoms. The van der Waals surface area contributed by atoms with Crippen molar-refractivity contribution >= 4 is 17.5 Å². The van der Waals surface area contributed by atoms with Crippen LogP contribution in [0.4, 0.5) is 5.69 Å². The predicted octanol–water partition coefficient (Wildman–Crippen LogP) is 3.83. The first kappa shape index (κ1) is 19.7. The molecule has 138 valence electrons. The lowest BCUT2D eigenvalue weighted by Crippen LogP contribution is -2.38. The van der Waals surface area contributed by atoms with E-state index in [0.717, 1.165) is 16.8 Å². The SMILES string of the molecule is CC(=O)N(CCNC(=O)Cc1ccccc1C)c1ccc(C(C)C)cc1. The number of carbonyl (C=O) groups is 2. The number of amides is 2. The minimum Gasteiger partial charge on any atom is -0.354 e. The first-order valence-electron chi connectivity index (χ1n) is 9.07. The molecule has 0 radical (unpaired) electrons. The molecular formula is C22H28N2O2. The van der Waals surface area contributed by atoms with Gasteiger partial charge in [-0.2, -0.15) is 0 Å². The van der Waals surface area contributed by atoms with Crippen LogP contribution in [0.3, 0.4) is 0 Å². The minimum atomic E-state index is -0.0320. The van der Waals surface area contributed by atoms with Gasteiger partial charge in [0.25, 0.3) is 0 Å². The molecule has 0 saturated heterocycles. The Balaban J connectivity index is 1.91. The maximum absolute atomic E-state index is 12.2. The normalized spacial score (nSPS) is 10.7. The largest absolute Gasteiger partial charge is 0.354 e. The first-order valence-corrected chi connectivity index (χ1v) is 9.07. The Morgan fingerprint density at radius 3 is 2.27 bits per heavy atom. The molecule has 2 aromatic carbocycles. The van der Waals surface area contributed by atoms with Gasteiger partial charge in [-0.3, -0.25) is 9.59 Å². The van der Waals surface area contributed by atoms with Crippen LogP contribution in [0.15, 0.2) is 48.5 Å². The molecule has 0 fully saturated rings. The zero-order chi connectivity index (χ0) is 19.1. The molecule has 0 aliphatic rings. The molecule has 4 nitrogen and oxygen atoms in total. The van der Waals surface area contributed by atoms with E-state index in [2.05, 4.69) is 19.2 Å². The van der Waals surface area contributed by atoms with Crippen LogP contribution in [0.5, 0.6) is 0 Å². The second kappa shape index (κ2) is 9.18. The second-order valence-corrected chi connectivity index (χ2v) is 6.87. The second-order valence-electron chi connectivity index (χ2n) is 6.87. The van der Waals surface area contributed by atoms with Crippen molar-refractivity contribution in [3.63, 3.8) is 0 Å². The summed E-state index contributed by atoms with van der Waals surface area (Å²) in [6.45, 7) is 8.71. The summed E-state index contributed by atoms with van der Waals surface area (Å²) in [6.07, 6.45) is 0.357. The third kappa shape index (κ3) is 5.45. The van der Waals surface area contributed by atoms with Crippen LogP contribution in [0, 0.1) is 6.92 Å². The average molecular weight is 352 g/mol. The molecule has 0 spiro atoms. The summed E-state index contributed by atoms with van der Waals surface area (Å²) >= 11 is 0. The van der Waals surface area contributed by atoms with Crippen LogP contribution in [0.25, 0.3) is 0 Å². The van der Waals surface area contributed by atoms with Gasteiger partial charge in [-0.25, -0.2) is 0 Å². The van der Waals surface area contributed by atoms with E-state index < -0.39 is 0 Å². The van der Waals surface area contributed by atoms with Crippen molar-refractivity contribution in [2.75, 3.05) is 18.0 Å². The van der Waals surface area contributed by atoms with E-state index in [4.69, 9.17) is 0 Å². The molecule has 1 N–H and O–H groups in total. The van der Waals surface area contributed by atoms with Crippen molar-refractivity contribution in [2.45, 2.75) is 40.0 Å². The fourth-order valence-electron chi connectivity index (χ4n) is 2.86. The molecule has 0 atom stereocenters. The van der Waals surface area contributed by atoms with Crippen molar-refractivity contribution in [3.05, 3.63) is 65.2 Å². The van der Waals surface area contributed by atoms with Gasteiger partial charge in [-0.05, 0) is 41.7 Å². The monoisotopic (exact) mass is 352 g/mol. The highest BCUT2D eigenvalue weighted by atomic mass is 16.2. The highest BCUT2D eigenvalue weighted by molar-refractivity contribution is 5.91. The minimum absolute atomic E-state index is 0.0297. The predicted molar refractivity (Wildman–Crippen MR) is 106 cm³/mol. The molecule has 0 bridgehead atoms. The Morgan fingerprint density at radius 1 is 1.04 bits per heavy atom. The zero-order valence-corrected chi connectivity index (χ0v) is 16.1. The van der Waals surface area contributed by atoms with Crippen LogP contribution < -0.4 is 10.2 Å². The van der Waals surface area contributed by atoms with Gasteiger partial charge in [-0.1, -0.05) is 50.2 Å². The van der Waals surface area contributed by atoms with E-state index in [9.17, 15) is 9.59 Å². The van der Waals surface area contributed by atoms with Crippen molar-refractivity contribution in [1.29, 1.82) is 0 Å². The van der Waals surface area contributed by atoms with Gasteiger partial charge in [0.05, 0.1) is 6.42 Å². The number of hydrogen-bond acceptors (Lipinski definition) is 2. The van der Waals surface area contributed by atoms with Crippen LogP contribution in [0.2, 0.25) is 0 Å². The Labute approximate surface area is 156 Å². The highest BCUT2D eigenvalue weighted by Crippen LogP contribution is 2.20. The number of anilines is 1. The van der Waals surface area contributed by atoms with Gasteiger partial charge in [-0.15, -0.1) is 0 Å². The number of nitrogens with zero attached hydrogens (tertiary/aromatic N) is 1. The zero-order valence-electron chi connectivity index (χ0n) is 16.1. The summed E-state index contributed by atoms with van der Waals surface area (Å²) in [5, 5.41) is 2.91. The summed E-state index contributed by atoms with van der Waals surface area (Å²) in [5.74, 6) is 0.393. The Bertz CT molecular complexity index is 751.